The van der Waals surface area contributed by atoms with Crippen molar-refractivity contribution in [3.63, 3.8) is 0 Å². The van der Waals surface area contributed by atoms with Gasteiger partial charge in [0.25, 0.3) is 0 Å². The molecule has 0 saturated carbocycles. The van der Waals surface area contributed by atoms with E-state index >= 15 is 0 Å². The van der Waals surface area contributed by atoms with E-state index in [9.17, 15) is 4.79 Å². The van der Waals surface area contributed by atoms with E-state index in [1.807, 2.05) is 49.9 Å². The predicted molar refractivity (Wildman–Crippen MR) is 95.7 cm³/mol. The van der Waals surface area contributed by atoms with Gasteiger partial charge in [-0.15, -0.1) is 0 Å². The third-order valence-electron chi connectivity index (χ3n) is 3.26. The van der Waals surface area contributed by atoms with Crippen molar-refractivity contribution in [1.29, 1.82) is 0 Å². The van der Waals surface area contributed by atoms with Crippen molar-refractivity contribution in [1.82, 2.24) is 4.90 Å². The predicted octanol–water partition coefficient (Wildman–Crippen LogP) is 4.49. The highest BCUT2D eigenvalue weighted by molar-refractivity contribution is 8.14. The molecule has 0 radical (unpaired) electrons. The molecule has 0 N–H and O–H groups in total. The molecule has 0 bridgehead atoms. The Morgan fingerprint density at radius 2 is 1.77 bits per heavy atom. The van der Waals surface area contributed by atoms with Gasteiger partial charge in [0.05, 0.1) is 11.4 Å². The van der Waals surface area contributed by atoms with Crippen LogP contribution in [-0.4, -0.2) is 33.6 Å². The Labute approximate surface area is 137 Å². The average Bonchev–Trinajstić information content (AvgIpc) is 2.38. The van der Waals surface area contributed by atoms with Gasteiger partial charge < -0.3 is 0 Å². The van der Waals surface area contributed by atoms with Crippen molar-refractivity contribution in [2.45, 2.75) is 53.1 Å². The minimum atomic E-state index is -0.193. The number of hydrogen-bond donors (Lipinski definition) is 0. The second-order valence-electron chi connectivity index (χ2n) is 6.85. The van der Waals surface area contributed by atoms with Crippen LogP contribution in [0.5, 0.6) is 0 Å². The largest absolute Gasteiger partial charge is 0.331 e. The molecule has 1 aromatic carbocycles. The van der Waals surface area contributed by atoms with E-state index in [0.29, 0.717) is 5.88 Å². The number of thioether (sulfide) groups is 1. The topological polar surface area (TPSA) is 35.9 Å². The van der Waals surface area contributed by atoms with Gasteiger partial charge >= 0.3 is 6.03 Å². The molecule has 1 heterocycles. The number of amidine groups is 1. The minimum Gasteiger partial charge on any atom is -0.284 e. The number of carbonyl (C=O) groups excluding carboxylic acids is 1. The average molecular weight is 319 g/mol. The summed E-state index contributed by atoms with van der Waals surface area (Å²) in [6, 6.07) is 8.14. The number of hydrogen-bond acceptors (Lipinski definition) is 3. The number of anilines is 1. The summed E-state index contributed by atoms with van der Waals surface area (Å²) in [4.78, 5) is 21.2. The lowest BCUT2D eigenvalue weighted by Crippen LogP contribution is -2.53. The molecule has 1 aliphatic rings. The van der Waals surface area contributed by atoms with E-state index in [-0.39, 0.29) is 17.6 Å². The SMILES string of the molecule is Cc1ccc(N2CSC(=NC(C)(C)C)N(C(C)C)C2=O)cc1. The third-order valence-corrected chi connectivity index (χ3v) is 4.19. The van der Waals surface area contributed by atoms with Crippen LogP contribution in [0.3, 0.4) is 0 Å². The van der Waals surface area contributed by atoms with Crippen LogP contribution in [0.15, 0.2) is 29.3 Å². The fraction of sp³-hybridized carbons (Fsp3) is 0.529. The van der Waals surface area contributed by atoms with E-state index in [2.05, 4.69) is 20.8 Å². The van der Waals surface area contributed by atoms with Crippen LogP contribution in [0.2, 0.25) is 0 Å². The van der Waals surface area contributed by atoms with Gasteiger partial charge in [-0.25, -0.2) is 4.79 Å². The number of nitrogens with zero attached hydrogens (tertiary/aromatic N) is 3. The van der Waals surface area contributed by atoms with Crippen LogP contribution in [-0.2, 0) is 0 Å². The van der Waals surface area contributed by atoms with Gasteiger partial charge in [-0.1, -0.05) is 29.5 Å². The maximum Gasteiger partial charge on any atom is 0.331 e. The molecule has 22 heavy (non-hydrogen) atoms. The van der Waals surface area contributed by atoms with Gasteiger partial charge in [-0.05, 0) is 53.7 Å². The molecule has 1 fully saturated rings. The summed E-state index contributed by atoms with van der Waals surface area (Å²) in [5.74, 6) is 0.597. The summed E-state index contributed by atoms with van der Waals surface area (Å²) < 4.78 is 0. The van der Waals surface area contributed by atoms with Crippen molar-refractivity contribution in [2.24, 2.45) is 4.99 Å². The summed E-state index contributed by atoms with van der Waals surface area (Å²) in [7, 11) is 0. The molecule has 5 heteroatoms. The first-order chi connectivity index (χ1) is 10.2. The Hall–Kier alpha value is -1.49. The second kappa shape index (κ2) is 6.32. The zero-order chi connectivity index (χ0) is 16.5. The fourth-order valence-corrected chi connectivity index (χ4v) is 3.45. The normalized spacial score (nSPS) is 18.5. The molecule has 2 amide bonds. The number of urea groups is 1. The molecule has 0 spiro atoms. The first-order valence-corrected chi connectivity index (χ1v) is 8.57. The van der Waals surface area contributed by atoms with Crippen LogP contribution in [0, 0.1) is 6.92 Å². The quantitative estimate of drug-likeness (QED) is 0.805. The van der Waals surface area contributed by atoms with Gasteiger partial charge in [0.2, 0.25) is 0 Å². The zero-order valence-corrected chi connectivity index (χ0v) is 15.1. The van der Waals surface area contributed by atoms with E-state index < -0.39 is 0 Å². The van der Waals surface area contributed by atoms with Crippen LogP contribution in [0.4, 0.5) is 10.5 Å². The van der Waals surface area contributed by atoms with Crippen molar-refractivity contribution in [3.05, 3.63) is 29.8 Å². The van der Waals surface area contributed by atoms with E-state index in [1.54, 1.807) is 16.7 Å². The van der Waals surface area contributed by atoms with Crippen LogP contribution >= 0.6 is 11.8 Å². The molecule has 0 unspecified atom stereocenters. The molecule has 0 aromatic heterocycles. The van der Waals surface area contributed by atoms with Crippen molar-refractivity contribution in [2.75, 3.05) is 10.8 Å². The summed E-state index contributed by atoms with van der Waals surface area (Å²) in [5.41, 5.74) is 1.93. The monoisotopic (exact) mass is 319 g/mol. The van der Waals surface area contributed by atoms with Gasteiger partial charge in [0.15, 0.2) is 5.17 Å². The minimum absolute atomic E-state index is 0.000558. The van der Waals surface area contributed by atoms with Crippen molar-refractivity contribution < 1.29 is 4.79 Å². The number of benzene rings is 1. The van der Waals surface area contributed by atoms with Crippen LogP contribution in [0.25, 0.3) is 0 Å². The lowest BCUT2D eigenvalue weighted by molar-refractivity contribution is 0.220. The van der Waals surface area contributed by atoms with Gasteiger partial charge in [-0.3, -0.25) is 14.8 Å². The third kappa shape index (κ3) is 3.83. The zero-order valence-electron chi connectivity index (χ0n) is 14.3. The summed E-state index contributed by atoms with van der Waals surface area (Å²) >= 11 is 1.62. The van der Waals surface area contributed by atoms with Crippen molar-refractivity contribution in [3.8, 4) is 0 Å². The highest BCUT2D eigenvalue weighted by Crippen LogP contribution is 2.29. The molecule has 0 atom stereocenters. The number of amides is 2. The highest BCUT2D eigenvalue weighted by atomic mass is 32.2. The summed E-state index contributed by atoms with van der Waals surface area (Å²) in [5, 5.41) is 0.816. The maximum atomic E-state index is 12.9. The molecule has 2 rings (SSSR count). The second-order valence-corrected chi connectivity index (χ2v) is 7.76. The van der Waals surface area contributed by atoms with Gasteiger partial charge in [0, 0.05) is 11.7 Å². The summed E-state index contributed by atoms with van der Waals surface area (Å²) in [6.07, 6.45) is 0. The van der Waals surface area contributed by atoms with E-state index in [1.165, 1.54) is 5.56 Å². The molecule has 4 nitrogen and oxygen atoms in total. The number of aryl methyl sites for hydroxylation is 1. The molecule has 0 aliphatic carbocycles. The lowest BCUT2D eigenvalue weighted by Gasteiger charge is -2.38. The summed E-state index contributed by atoms with van der Waals surface area (Å²) in [6.45, 7) is 12.2. The standard InChI is InChI=1S/C17H25N3OS/c1-12(2)20-15(18-17(4,5)6)22-11-19(16(20)21)14-9-7-13(3)8-10-14/h7-10,12H,11H2,1-6H3. The molecule has 1 aliphatic heterocycles. The molecule has 1 saturated heterocycles. The Kier molecular flexibility index (Phi) is 4.85. The first kappa shape index (κ1) is 16.9. The molecule has 1 aromatic rings. The smallest absolute Gasteiger partial charge is 0.284 e. The van der Waals surface area contributed by atoms with Gasteiger partial charge in [-0.2, -0.15) is 0 Å². The number of rotatable bonds is 2. The Bertz CT molecular complexity index is 573. The Balaban J connectivity index is 2.32. The van der Waals surface area contributed by atoms with Crippen LogP contribution in [0.1, 0.15) is 40.2 Å². The highest BCUT2D eigenvalue weighted by Gasteiger charge is 2.34. The van der Waals surface area contributed by atoms with E-state index in [4.69, 9.17) is 4.99 Å². The number of aliphatic imine (C=N–C) groups is 1. The first-order valence-electron chi connectivity index (χ1n) is 7.59. The fourth-order valence-electron chi connectivity index (χ4n) is 2.18. The maximum absolute atomic E-state index is 12.9. The molecular weight excluding hydrogens is 294 g/mol. The molecular formula is C17H25N3OS. The van der Waals surface area contributed by atoms with Crippen LogP contribution < -0.4 is 4.90 Å². The van der Waals surface area contributed by atoms with E-state index in [0.717, 1.165) is 10.9 Å². The number of carbonyl (C=O) groups is 1. The Morgan fingerprint density at radius 3 is 2.27 bits per heavy atom. The Morgan fingerprint density at radius 1 is 1.18 bits per heavy atom. The lowest BCUT2D eigenvalue weighted by atomic mass is 10.1. The van der Waals surface area contributed by atoms with Gasteiger partial charge in [0.1, 0.15) is 0 Å². The molecule has 120 valence electrons. The van der Waals surface area contributed by atoms with Crippen molar-refractivity contribution >= 4 is 28.6 Å².